The van der Waals surface area contributed by atoms with Crippen molar-refractivity contribution in [1.82, 2.24) is 5.32 Å². The summed E-state index contributed by atoms with van der Waals surface area (Å²) in [5, 5.41) is 2.57. The standard InChI is InChI=1S/C11H17NO/c1-5-10(7-6-9(2)3)8-11(13)12-4/h5-7H,1,8H2,2-4H3,(H,12,13)/b10-7+. The van der Waals surface area contributed by atoms with Crippen molar-refractivity contribution in [3.8, 4) is 0 Å². The molecule has 0 aromatic carbocycles. The molecule has 1 N–H and O–H groups in total. The summed E-state index contributed by atoms with van der Waals surface area (Å²) < 4.78 is 0. The number of carbonyl (C=O) groups excluding carboxylic acids is 1. The van der Waals surface area contributed by atoms with E-state index >= 15 is 0 Å². The molecular formula is C11H17NO. The summed E-state index contributed by atoms with van der Waals surface area (Å²) in [5.74, 6) is 0.00769. The van der Waals surface area contributed by atoms with Crippen LogP contribution in [0.5, 0.6) is 0 Å². The van der Waals surface area contributed by atoms with Crippen molar-refractivity contribution < 1.29 is 4.79 Å². The van der Waals surface area contributed by atoms with Crippen molar-refractivity contribution in [1.29, 1.82) is 0 Å². The second-order valence-corrected chi connectivity index (χ2v) is 3.04. The first-order valence-corrected chi connectivity index (χ1v) is 4.27. The topological polar surface area (TPSA) is 29.1 Å². The second kappa shape index (κ2) is 6.23. The molecule has 0 bridgehead atoms. The minimum atomic E-state index is 0.00769. The van der Waals surface area contributed by atoms with Crippen molar-refractivity contribution in [2.24, 2.45) is 0 Å². The first kappa shape index (κ1) is 11.7. The molecule has 13 heavy (non-hydrogen) atoms. The van der Waals surface area contributed by atoms with Crippen molar-refractivity contribution in [3.05, 3.63) is 36.0 Å². The van der Waals surface area contributed by atoms with Gasteiger partial charge in [0.1, 0.15) is 0 Å². The van der Waals surface area contributed by atoms with Gasteiger partial charge < -0.3 is 5.32 Å². The molecule has 0 saturated heterocycles. The van der Waals surface area contributed by atoms with Crippen LogP contribution in [0.3, 0.4) is 0 Å². The first-order chi connectivity index (χ1) is 6.10. The Balaban J connectivity index is 4.34. The molecule has 0 aliphatic carbocycles. The summed E-state index contributed by atoms with van der Waals surface area (Å²) in [6.45, 7) is 7.67. The van der Waals surface area contributed by atoms with E-state index in [2.05, 4.69) is 11.9 Å². The van der Waals surface area contributed by atoms with Gasteiger partial charge in [0.2, 0.25) is 5.91 Å². The van der Waals surface area contributed by atoms with E-state index in [9.17, 15) is 4.79 Å². The van der Waals surface area contributed by atoms with E-state index in [4.69, 9.17) is 0 Å². The van der Waals surface area contributed by atoms with Crippen molar-refractivity contribution >= 4 is 5.91 Å². The Bertz CT molecular complexity index is 245. The molecule has 0 unspecified atom stereocenters. The zero-order valence-corrected chi connectivity index (χ0v) is 8.55. The molecule has 2 heteroatoms. The highest BCUT2D eigenvalue weighted by Gasteiger charge is 1.98. The van der Waals surface area contributed by atoms with Crippen LogP contribution in [0.2, 0.25) is 0 Å². The molecule has 0 fully saturated rings. The van der Waals surface area contributed by atoms with Gasteiger partial charge in [0, 0.05) is 7.05 Å². The summed E-state index contributed by atoms with van der Waals surface area (Å²) in [7, 11) is 1.63. The van der Waals surface area contributed by atoms with Gasteiger partial charge in [-0.2, -0.15) is 0 Å². The largest absolute Gasteiger partial charge is 0.359 e. The summed E-state index contributed by atoms with van der Waals surface area (Å²) in [6.07, 6.45) is 5.98. The number of carbonyl (C=O) groups is 1. The average molecular weight is 179 g/mol. The Kier molecular flexibility index (Phi) is 5.60. The predicted molar refractivity (Wildman–Crippen MR) is 56.4 cm³/mol. The monoisotopic (exact) mass is 179 g/mol. The highest BCUT2D eigenvalue weighted by molar-refractivity contribution is 5.78. The zero-order valence-electron chi connectivity index (χ0n) is 8.55. The molecule has 2 nitrogen and oxygen atoms in total. The Morgan fingerprint density at radius 2 is 2.00 bits per heavy atom. The smallest absolute Gasteiger partial charge is 0.224 e. The average Bonchev–Trinajstić information content (AvgIpc) is 2.11. The highest BCUT2D eigenvalue weighted by atomic mass is 16.1. The summed E-state index contributed by atoms with van der Waals surface area (Å²) in [5.41, 5.74) is 2.14. The van der Waals surface area contributed by atoms with E-state index in [-0.39, 0.29) is 5.91 Å². The van der Waals surface area contributed by atoms with E-state index in [1.807, 2.05) is 26.0 Å². The second-order valence-electron chi connectivity index (χ2n) is 3.04. The van der Waals surface area contributed by atoms with Gasteiger partial charge in [-0.15, -0.1) is 0 Å². The molecule has 0 heterocycles. The van der Waals surface area contributed by atoms with E-state index in [1.54, 1.807) is 13.1 Å². The van der Waals surface area contributed by atoms with E-state index in [0.29, 0.717) is 6.42 Å². The third-order valence-corrected chi connectivity index (χ3v) is 1.54. The van der Waals surface area contributed by atoms with Gasteiger partial charge in [0.25, 0.3) is 0 Å². The number of amides is 1. The molecule has 0 saturated carbocycles. The van der Waals surface area contributed by atoms with Crippen LogP contribution in [0.1, 0.15) is 20.3 Å². The van der Waals surface area contributed by atoms with Crippen LogP contribution in [-0.4, -0.2) is 13.0 Å². The van der Waals surface area contributed by atoms with Crippen LogP contribution in [0.15, 0.2) is 36.0 Å². The molecule has 0 spiro atoms. The Labute approximate surface area is 80.0 Å². The van der Waals surface area contributed by atoms with E-state index in [1.165, 1.54) is 5.57 Å². The summed E-state index contributed by atoms with van der Waals surface area (Å²) in [6, 6.07) is 0. The van der Waals surface area contributed by atoms with E-state index in [0.717, 1.165) is 5.57 Å². The zero-order chi connectivity index (χ0) is 10.3. The fraction of sp³-hybridized carbons (Fsp3) is 0.364. The molecule has 0 atom stereocenters. The highest BCUT2D eigenvalue weighted by Crippen LogP contribution is 2.03. The van der Waals surface area contributed by atoms with E-state index < -0.39 is 0 Å². The van der Waals surface area contributed by atoms with Gasteiger partial charge in [-0.05, 0) is 19.4 Å². The molecule has 0 aromatic heterocycles. The van der Waals surface area contributed by atoms with Crippen molar-refractivity contribution in [2.75, 3.05) is 7.05 Å². The molecule has 0 aliphatic rings. The lowest BCUT2D eigenvalue weighted by atomic mass is 10.1. The third-order valence-electron chi connectivity index (χ3n) is 1.54. The molecule has 0 aromatic rings. The third kappa shape index (κ3) is 5.91. The number of rotatable bonds is 4. The van der Waals surface area contributed by atoms with Gasteiger partial charge >= 0.3 is 0 Å². The lowest BCUT2D eigenvalue weighted by molar-refractivity contribution is -0.119. The normalized spacial score (nSPS) is 10.5. The van der Waals surface area contributed by atoms with Gasteiger partial charge in [-0.3, -0.25) is 4.79 Å². The van der Waals surface area contributed by atoms with Crippen molar-refractivity contribution in [3.63, 3.8) is 0 Å². The summed E-state index contributed by atoms with van der Waals surface area (Å²) >= 11 is 0. The number of allylic oxidation sites excluding steroid dienone is 4. The van der Waals surface area contributed by atoms with Gasteiger partial charge in [-0.25, -0.2) is 0 Å². The number of hydrogen-bond acceptors (Lipinski definition) is 1. The minimum absolute atomic E-state index is 0.00769. The molecule has 72 valence electrons. The first-order valence-electron chi connectivity index (χ1n) is 4.27. The fourth-order valence-corrected chi connectivity index (χ4v) is 0.747. The van der Waals surface area contributed by atoms with Crippen LogP contribution in [0.25, 0.3) is 0 Å². The summed E-state index contributed by atoms with van der Waals surface area (Å²) in [4.78, 5) is 11.0. The Morgan fingerprint density at radius 3 is 2.38 bits per heavy atom. The molecule has 0 aliphatic heterocycles. The van der Waals surface area contributed by atoms with Gasteiger partial charge in [0.05, 0.1) is 6.42 Å². The number of hydrogen-bond donors (Lipinski definition) is 1. The van der Waals surface area contributed by atoms with Crippen molar-refractivity contribution in [2.45, 2.75) is 20.3 Å². The Morgan fingerprint density at radius 1 is 1.38 bits per heavy atom. The van der Waals surface area contributed by atoms with Crippen LogP contribution >= 0.6 is 0 Å². The SMILES string of the molecule is C=C/C(=C\C=C(C)C)CC(=O)NC. The van der Waals surface area contributed by atoms with Crippen LogP contribution < -0.4 is 5.32 Å². The molecular weight excluding hydrogens is 162 g/mol. The quantitative estimate of drug-likeness (QED) is 0.659. The maximum atomic E-state index is 11.0. The van der Waals surface area contributed by atoms with Gasteiger partial charge in [-0.1, -0.05) is 30.4 Å². The molecule has 1 amide bonds. The molecule has 0 radical (unpaired) electrons. The van der Waals surface area contributed by atoms with Crippen LogP contribution in [0, 0.1) is 0 Å². The lowest BCUT2D eigenvalue weighted by Gasteiger charge is -1.99. The maximum Gasteiger partial charge on any atom is 0.224 e. The molecule has 0 rings (SSSR count). The van der Waals surface area contributed by atoms with Gasteiger partial charge in [0.15, 0.2) is 0 Å². The predicted octanol–water partition coefficient (Wildman–Crippen LogP) is 2.20. The number of nitrogens with one attached hydrogen (secondary N) is 1. The van der Waals surface area contributed by atoms with Crippen LogP contribution in [0.4, 0.5) is 0 Å². The minimum Gasteiger partial charge on any atom is -0.359 e. The lowest BCUT2D eigenvalue weighted by Crippen LogP contribution is -2.17. The maximum absolute atomic E-state index is 11.0. The van der Waals surface area contributed by atoms with Crippen LogP contribution in [-0.2, 0) is 4.79 Å². The Hall–Kier alpha value is -1.31. The fourth-order valence-electron chi connectivity index (χ4n) is 0.747.